The molecule has 2 rings (SSSR count). The van der Waals surface area contributed by atoms with E-state index in [4.69, 9.17) is 10.5 Å². The first-order chi connectivity index (χ1) is 12.3. The van der Waals surface area contributed by atoms with Crippen LogP contribution in [0.25, 0.3) is 0 Å². The molecular weight excluding hydrogens is 326 g/mol. The molecule has 0 bridgehead atoms. The van der Waals surface area contributed by atoms with Crippen LogP contribution in [0.1, 0.15) is 72.6 Å². The second-order valence-electron chi connectivity index (χ2n) is 8.86. The van der Waals surface area contributed by atoms with Gasteiger partial charge < -0.3 is 20.7 Å². The third-order valence-corrected chi connectivity index (χ3v) is 6.46. The lowest BCUT2D eigenvalue weighted by Gasteiger charge is -2.42. The number of hydrogen-bond acceptors (Lipinski definition) is 5. The first-order valence-corrected chi connectivity index (χ1v) is 10.5. The molecule has 0 aromatic carbocycles. The molecule has 26 heavy (non-hydrogen) atoms. The fourth-order valence-corrected chi connectivity index (χ4v) is 4.49. The molecule has 2 fully saturated rings. The standard InChI is InChI=1S/C21H40N3O2/c1-5-20(19(25)26-6-2)9-7-18(8-10-20)23-16-21(22)11-13-24(14-12-21)15-17(3)4/h18,23H,5-16,22H2,1-4H3. The van der Waals surface area contributed by atoms with Gasteiger partial charge >= 0.3 is 5.97 Å². The lowest BCUT2D eigenvalue weighted by atomic mass is 9.70. The Kier molecular flexibility index (Phi) is 7.92. The fourth-order valence-electron chi connectivity index (χ4n) is 4.49. The van der Waals surface area contributed by atoms with Crippen molar-refractivity contribution in [3.8, 4) is 0 Å². The normalized spacial score (nSPS) is 29.7. The summed E-state index contributed by atoms with van der Waals surface area (Å²) < 4.78 is 5.33. The third-order valence-electron chi connectivity index (χ3n) is 6.46. The molecule has 5 heteroatoms. The summed E-state index contributed by atoms with van der Waals surface area (Å²) in [6.07, 6.45) is 6.93. The van der Waals surface area contributed by atoms with Gasteiger partial charge in [0.15, 0.2) is 0 Å². The van der Waals surface area contributed by atoms with Crippen LogP contribution in [0.3, 0.4) is 0 Å². The SMILES string of the molecule is CCOC(=O)C1(CC)CCC(NCC2(N)CCN(C[C](C)C)CC2)CC1. The van der Waals surface area contributed by atoms with Crippen molar-refractivity contribution in [2.45, 2.75) is 84.2 Å². The zero-order chi connectivity index (χ0) is 19.2. The number of carbonyl (C=O) groups is 1. The summed E-state index contributed by atoms with van der Waals surface area (Å²) >= 11 is 0. The van der Waals surface area contributed by atoms with Gasteiger partial charge in [0.05, 0.1) is 12.0 Å². The van der Waals surface area contributed by atoms with Crippen molar-refractivity contribution in [1.82, 2.24) is 10.2 Å². The van der Waals surface area contributed by atoms with Crippen molar-refractivity contribution < 1.29 is 9.53 Å². The Morgan fingerprint density at radius 1 is 1.15 bits per heavy atom. The average molecular weight is 367 g/mol. The molecule has 0 atom stereocenters. The summed E-state index contributed by atoms with van der Waals surface area (Å²) in [7, 11) is 0. The van der Waals surface area contributed by atoms with Gasteiger partial charge in [0, 0.05) is 24.7 Å². The third kappa shape index (κ3) is 5.67. The summed E-state index contributed by atoms with van der Waals surface area (Å²) in [6.45, 7) is 13.0. The highest BCUT2D eigenvalue weighted by molar-refractivity contribution is 5.76. The minimum absolute atomic E-state index is 0.00615. The van der Waals surface area contributed by atoms with Crippen molar-refractivity contribution in [1.29, 1.82) is 0 Å². The first-order valence-electron chi connectivity index (χ1n) is 10.5. The van der Waals surface area contributed by atoms with Crippen molar-refractivity contribution in [2.75, 3.05) is 32.8 Å². The van der Waals surface area contributed by atoms with Gasteiger partial charge in [-0.25, -0.2) is 0 Å². The summed E-state index contributed by atoms with van der Waals surface area (Å²) in [6, 6.07) is 0.480. The smallest absolute Gasteiger partial charge is 0.312 e. The van der Waals surface area contributed by atoms with E-state index in [1.807, 2.05) is 6.92 Å². The second kappa shape index (κ2) is 9.52. The highest BCUT2D eigenvalue weighted by Gasteiger charge is 2.42. The molecule has 5 nitrogen and oxygen atoms in total. The highest BCUT2D eigenvalue weighted by Crippen LogP contribution is 2.40. The lowest BCUT2D eigenvalue weighted by Crippen LogP contribution is -2.57. The van der Waals surface area contributed by atoms with E-state index in [9.17, 15) is 4.79 Å². The van der Waals surface area contributed by atoms with Crippen LogP contribution in [0.4, 0.5) is 0 Å². The maximum Gasteiger partial charge on any atom is 0.312 e. The van der Waals surface area contributed by atoms with Crippen molar-refractivity contribution in [3.63, 3.8) is 0 Å². The van der Waals surface area contributed by atoms with Crippen LogP contribution < -0.4 is 11.1 Å². The molecule has 0 unspecified atom stereocenters. The Bertz CT molecular complexity index is 437. The Labute approximate surface area is 160 Å². The molecule has 151 valence electrons. The molecule has 1 saturated heterocycles. The van der Waals surface area contributed by atoms with E-state index in [1.54, 1.807) is 0 Å². The molecule has 1 radical (unpaired) electrons. The molecule has 1 heterocycles. The molecule has 0 aromatic rings. The number of piperidine rings is 1. The predicted octanol–water partition coefficient (Wildman–Crippen LogP) is 2.89. The predicted molar refractivity (Wildman–Crippen MR) is 107 cm³/mol. The van der Waals surface area contributed by atoms with E-state index in [-0.39, 0.29) is 16.9 Å². The van der Waals surface area contributed by atoms with Gasteiger partial charge in [0.1, 0.15) is 0 Å². The number of nitrogens with one attached hydrogen (secondary N) is 1. The number of hydrogen-bond donors (Lipinski definition) is 2. The largest absolute Gasteiger partial charge is 0.466 e. The zero-order valence-corrected chi connectivity index (χ0v) is 17.4. The number of esters is 1. The molecule has 1 aliphatic heterocycles. The van der Waals surface area contributed by atoms with Crippen molar-refractivity contribution in [3.05, 3.63) is 5.92 Å². The first kappa shape index (κ1) is 21.6. The summed E-state index contributed by atoms with van der Waals surface area (Å²) in [5.74, 6) is 1.47. The number of ether oxygens (including phenoxy) is 1. The molecule has 0 aromatic heterocycles. The Hall–Kier alpha value is -0.650. The minimum Gasteiger partial charge on any atom is -0.466 e. The van der Waals surface area contributed by atoms with Crippen LogP contribution >= 0.6 is 0 Å². The molecule has 1 saturated carbocycles. The van der Waals surface area contributed by atoms with E-state index < -0.39 is 0 Å². The number of carbonyl (C=O) groups excluding carboxylic acids is 1. The van der Waals surface area contributed by atoms with E-state index in [0.717, 1.165) is 71.1 Å². The van der Waals surface area contributed by atoms with E-state index in [0.29, 0.717) is 12.6 Å². The quantitative estimate of drug-likeness (QED) is 0.647. The zero-order valence-electron chi connectivity index (χ0n) is 17.4. The Morgan fingerprint density at radius 3 is 2.27 bits per heavy atom. The maximum absolute atomic E-state index is 12.4. The molecule has 3 N–H and O–H groups in total. The number of nitrogens with two attached hydrogens (primary N) is 1. The van der Waals surface area contributed by atoms with E-state index in [2.05, 4.69) is 31.0 Å². The van der Waals surface area contributed by atoms with Crippen molar-refractivity contribution >= 4 is 5.97 Å². The molecule has 1 aliphatic carbocycles. The van der Waals surface area contributed by atoms with Gasteiger partial charge in [-0.3, -0.25) is 4.79 Å². The van der Waals surface area contributed by atoms with Crippen LogP contribution in [0, 0.1) is 11.3 Å². The van der Waals surface area contributed by atoms with E-state index in [1.165, 1.54) is 5.92 Å². The second-order valence-corrected chi connectivity index (χ2v) is 8.86. The summed E-state index contributed by atoms with van der Waals surface area (Å²) in [5, 5.41) is 3.72. The van der Waals surface area contributed by atoms with Gasteiger partial charge in [0.2, 0.25) is 0 Å². The maximum atomic E-state index is 12.4. The summed E-state index contributed by atoms with van der Waals surface area (Å²) in [5.41, 5.74) is 6.33. The van der Waals surface area contributed by atoms with Gasteiger partial charge in [-0.05, 0) is 70.9 Å². The lowest BCUT2D eigenvalue weighted by molar-refractivity contribution is -0.158. The van der Waals surface area contributed by atoms with Crippen LogP contribution in [0.15, 0.2) is 0 Å². The number of rotatable bonds is 8. The van der Waals surface area contributed by atoms with Gasteiger partial charge in [0.25, 0.3) is 0 Å². The topological polar surface area (TPSA) is 67.6 Å². The minimum atomic E-state index is -0.256. The fraction of sp³-hybridized carbons (Fsp3) is 0.905. The molecule has 0 amide bonds. The van der Waals surface area contributed by atoms with Gasteiger partial charge in [-0.15, -0.1) is 0 Å². The highest BCUT2D eigenvalue weighted by atomic mass is 16.5. The number of likely N-dealkylation sites (tertiary alicyclic amines) is 1. The molecule has 0 spiro atoms. The van der Waals surface area contributed by atoms with E-state index >= 15 is 0 Å². The van der Waals surface area contributed by atoms with Crippen LogP contribution in [-0.4, -0.2) is 55.2 Å². The van der Waals surface area contributed by atoms with Crippen LogP contribution in [0.2, 0.25) is 0 Å². The van der Waals surface area contributed by atoms with Crippen LogP contribution in [0.5, 0.6) is 0 Å². The Morgan fingerprint density at radius 2 is 1.77 bits per heavy atom. The van der Waals surface area contributed by atoms with Crippen molar-refractivity contribution in [2.24, 2.45) is 11.1 Å². The average Bonchev–Trinajstić information content (AvgIpc) is 2.62. The molecular formula is C21H40N3O2. The number of nitrogens with zero attached hydrogens (tertiary/aromatic N) is 1. The summed E-state index contributed by atoms with van der Waals surface area (Å²) in [4.78, 5) is 14.9. The monoisotopic (exact) mass is 366 g/mol. The van der Waals surface area contributed by atoms with Gasteiger partial charge in [-0.1, -0.05) is 20.8 Å². The van der Waals surface area contributed by atoms with Crippen LogP contribution in [-0.2, 0) is 9.53 Å². The Balaban J connectivity index is 1.75. The van der Waals surface area contributed by atoms with Gasteiger partial charge in [-0.2, -0.15) is 0 Å². The molecule has 2 aliphatic rings.